The zero-order valence-corrected chi connectivity index (χ0v) is 14.1. The predicted molar refractivity (Wildman–Crippen MR) is 87.3 cm³/mol. The summed E-state index contributed by atoms with van der Waals surface area (Å²) in [6.07, 6.45) is 9.56. The van der Waals surface area contributed by atoms with E-state index in [-0.39, 0.29) is 23.9 Å². The Morgan fingerprint density at radius 3 is 2.57 bits per heavy atom. The van der Waals surface area contributed by atoms with Gasteiger partial charge in [0.05, 0.1) is 0 Å². The minimum Gasteiger partial charge on any atom is -0.343 e. The standard InChI is InChI=1S/C16H28N2O2S/c1-3-13-16(20)18(10-7-11-21-2)14(15(19)17-13)12-8-5-4-6-9-12/h12-14H,3-11H2,1-2H3,(H,17,19). The molecule has 0 bridgehead atoms. The highest BCUT2D eigenvalue weighted by molar-refractivity contribution is 7.98. The number of nitrogens with one attached hydrogen (secondary N) is 1. The molecule has 0 spiro atoms. The summed E-state index contributed by atoms with van der Waals surface area (Å²) in [5, 5.41) is 2.95. The fraction of sp³-hybridized carbons (Fsp3) is 0.875. The van der Waals surface area contributed by atoms with E-state index in [0.717, 1.165) is 31.6 Å². The average Bonchev–Trinajstić information content (AvgIpc) is 2.51. The van der Waals surface area contributed by atoms with Gasteiger partial charge in [-0.3, -0.25) is 9.59 Å². The van der Waals surface area contributed by atoms with Crippen LogP contribution >= 0.6 is 11.8 Å². The molecule has 2 atom stereocenters. The van der Waals surface area contributed by atoms with Crippen LogP contribution in [0.5, 0.6) is 0 Å². The van der Waals surface area contributed by atoms with E-state index in [4.69, 9.17) is 0 Å². The van der Waals surface area contributed by atoms with Gasteiger partial charge in [0.1, 0.15) is 12.1 Å². The molecule has 1 aliphatic carbocycles. The Labute approximate surface area is 132 Å². The highest BCUT2D eigenvalue weighted by Gasteiger charge is 2.43. The Morgan fingerprint density at radius 1 is 1.24 bits per heavy atom. The van der Waals surface area contributed by atoms with E-state index in [9.17, 15) is 9.59 Å². The van der Waals surface area contributed by atoms with Gasteiger partial charge in [0.25, 0.3) is 0 Å². The summed E-state index contributed by atoms with van der Waals surface area (Å²) in [5.74, 6) is 1.61. The smallest absolute Gasteiger partial charge is 0.245 e. The van der Waals surface area contributed by atoms with Crippen molar-refractivity contribution in [2.24, 2.45) is 5.92 Å². The molecular formula is C16H28N2O2S. The molecule has 120 valence electrons. The molecule has 4 nitrogen and oxygen atoms in total. The van der Waals surface area contributed by atoms with E-state index in [1.807, 2.05) is 11.8 Å². The van der Waals surface area contributed by atoms with Crippen molar-refractivity contribution in [1.29, 1.82) is 0 Å². The van der Waals surface area contributed by atoms with E-state index >= 15 is 0 Å². The van der Waals surface area contributed by atoms with Crippen molar-refractivity contribution in [1.82, 2.24) is 10.2 Å². The lowest BCUT2D eigenvalue weighted by Crippen LogP contribution is -2.65. The number of carbonyl (C=O) groups is 2. The average molecular weight is 312 g/mol. The van der Waals surface area contributed by atoms with Crippen LogP contribution in [0.25, 0.3) is 0 Å². The van der Waals surface area contributed by atoms with Gasteiger partial charge >= 0.3 is 0 Å². The Kier molecular flexibility index (Phi) is 6.40. The molecule has 0 aromatic rings. The minimum absolute atomic E-state index is 0.0810. The fourth-order valence-electron chi connectivity index (χ4n) is 3.62. The Bertz CT molecular complexity index is 369. The third kappa shape index (κ3) is 3.93. The van der Waals surface area contributed by atoms with E-state index < -0.39 is 0 Å². The molecule has 0 aromatic heterocycles. The van der Waals surface area contributed by atoms with E-state index in [0.29, 0.717) is 12.3 Å². The maximum atomic E-state index is 12.7. The molecule has 2 aliphatic rings. The fourth-order valence-corrected chi connectivity index (χ4v) is 4.04. The minimum atomic E-state index is -0.313. The molecule has 1 saturated heterocycles. The maximum Gasteiger partial charge on any atom is 0.245 e. The number of rotatable bonds is 6. The number of hydrogen-bond donors (Lipinski definition) is 1. The van der Waals surface area contributed by atoms with Crippen molar-refractivity contribution < 1.29 is 9.59 Å². The van der Waals surface area contributed by atoms with Crippen LogP contribution in [0.4, 0.5) is 0 Å². The second kappa shape index (κ2) is 8.06. The Morgan fingerprint density at radius 2 is 1.95 bits per heavy atom. The molecule has 1 heterocycles. The van der Waals surface area contributed by atoms with Gasteiger partial charge in [0, 0.05) is 6.54 Å². The van der Waals surface area contributed by atoms with Crippen molar-refractivity contribution in [2.45, 2.75) is 64.0 Å². The van der Waals surface area contributed by atoms with Crippen LogP contribution in [-0.2, 0) is 9.59 Å². The van der Waals surface area contributed by atoms with Gasteiger partial charge in [0.15, 0.2) is 0 Å². The molecule has 2 fully saturated rings. The lowest BCUT2D eigenvalue weighted by atomic mass is 9.81. The first-order valence-electron chi connectivity index (χ1n) is 8.28. The van der Waals surface area contributed by atoms with Crippen LogP contribution in [0.2, 0.25) is 0 Å². The van der Waals surface area contributed by atoms with E-state index in [1.54, 1.807) is 11.8 Å². The Balaban J connectivity index is 2.12. The molecule has 5 heteroatoms. The van der Waals surface area contributed by atoms with Crippen LogP contribution in [0, 0.1) is 5.92 Å². The molecule has 1 N–H and O–H groups in total. The zero-order chi connectivity index (χ0) is 15.2. The second-order valence-corrected chi connectivity index (χ2v) is 7.18. The molecule has 1 saturated carbocycles. The topological polar surface area (TPSA) is 49.4 Å². The zero-order valence-electron chi connectivity index (χ0n) is 13.3. The summed E-state index contributed by atoms with van der Waals surface area (Å²) in [6, 6.07) is -0.533. The Hall–Kier alpha value is -0.710. The van der Waals surface area contributed by atoms with Gasteiger partial charge in [-0.2, -0.15) is 11.8 Å². The monoisotopic (exact) mass is 312 g/mol. The van der Waals surface area contributed by atoms with Gasteiger partial charge in [-0.25, -0.2) is 0 Å². The number of hydrogen-bond acceptors (Lipinski definition) is 3. The molecule has 21 heavy (non-hydrogen) atoms. The molecule has 2 amide bonds. The van der Waals surface area contributed by atoms with Crippen LogP contribution in [0.3, 0.4) is 0 Å². The number of piperazine rings is 1. The number of carbonyl (C=O) groups excluding carboxylic acids is 2. The number of thioether (sulfide) groups is 1. The molecule has 2 unspecified atom stereocenters. The number of nitrogens with zero attached hydrogens (tertiary/aromatic N) is 1. The first kappa shape index (κ1) is 16.7. The van der Waals surface area contributed by atoms with Gasteiger partial charge in [-0.1, -0.05) is 26.2 Å². The van der Waals surface area contributed by atoms with E-state index in [1.165, 1.54) is 19.3 Å². The summed E-state index contributed by atoms with van der Waals surface area (Å²) in [4.78, 5) is 27.1. The molecular weight excluding hydrogens is 284 g/mol. The van der Waals surface area contributed by atoms with Crippen molar-refractivity contribution in [3.05, 3.63) is 0 Å². The third-order valence-corrected chi connectivity index (χ3v) is 5.45. The molecule has 2 rings (SSSR count). The first-order valence-corrected chi connectivity index (χ1v) is 9.68. The predicted octanol–water partition coefficient (Wildman–Crippen LogP) is 2.43. The molecule has 1 aliphatic heterocycles. The van der Waals surface area contributed by atoms with Crippen LogP contribution in [0.15, 0.2) is 0 Å². The highest BCUT2D eigenvalue weighted by Crippen LogP contribution is 2.31. The third-order valence-electron chi connectivity index (χ3n) is 4.75. The van der Waals surface area contributed by atoms with Gasteiger partial charge < -0.3 is 10.2 Å². The second-order valence-electron chi connectivity index (χ2n) is 6.19. The summed E-state index contributed by atoms with van der Waals surface area (Å²) in [6.45, 7) is 2.69. The normalized spacial score (nSPS) is 27.8. The summed E-state index contributed by atoms with van der Waals surface area (Å²) < 4.78 is 0. The largest absolute Gasteiger partial charge is 0.343 e. The number of amides is 2. The van der Waals surface area contributed by atoms with Crippen molar-refractivity contribution in [3.8, 4) is 0 Å². The van der Waals surface area contributed by atoms with Crippen LogP contribution < -0.4 is 5.32 Å². The summed E-state index contributed by atoms with van der Waals surface area (Å²) >= 11 is 1.80. The lowest BCUT2D eigenvalue weighted by Gasteiger charge is -2.43. The van der Waals surface area contributed by atoms with Crippen LogP contribution in [-0.4, -0.2) is 47.4 Å². The van der Waals surface area contributed by atoms with Crippen molar-refractivity contribution >= 4 is 23.6 Å². The lowest BCUT2D eigenvalue weighted by molar-refractivity contribution is -0.152. The van der Waals surface area contributed by atoms with Gasteiger partial charge in [-0.05, 0) is 43.6 Å². The quantitative estimate of drug-likeness (QED) is 0.766. The van der Waals surface area contributed by atoms with Gasteiger partial charge in [-0.15, -0.1) is 0 Å². The SMILES string of the molecule is CCC1NC(=O)C(C2CCCCC2)N(CCCSC)C1=O. The van der Waals surface area contributed by atoms with Crippen molar-refractivity contribution in [3.63, 3.8) is 0 Å². The van der Waals surface area contributed by atoms with Gasteiger partial charge in [0.2, 0.25) is 11.8 Å². The summed E-state index contributed by atoms with van der Waals surface area (Å²) in [7, 11) is 0. The molecule has 0 radical (unpaired) electrons. The van der Waals surface area contributed by atoms with E-state index in [2.05, 4.69) is 11.6 Å². The maximum absolute atomic E-state index is 12.7. The van der Waals surface area contributed by atoms with Crippen LogP contribution in [0.1, 0.15) is 51.9 Å². The molecule has 0 aromatic carbocycles. The first-order chi connectivity index (χ1) is 10.2. The summed E-state index contributed by atoms with van der Waals surface area (Å²) in [5.41, 5.74) is 0. The van der Waals surface area contributed by atoms with Crippen molar-refractivity contribution in [2.75, 3.05) is 18.6 Å². The highest BCUT2D eigenvalue weighted by atomic mass is 32.2.